The fourth-order valence-electron chi connectivity index (χ4n) is 1.24. The molecule has 0 radical (unpaired) electrons. The molecule has 0 unspecified atom stereocenters. The van der Waals surface area contributed by atoms with Crippen molar-refractivity contribution in [2.45, 2.75) is 20.8 Å². The third kappa shape index (κ3) is 3.78. The highest BCUT2D eigenvalue weighted by molar-refractivity contribution is 5.98. The number of nitrogens with zero attached hydrogens (tertiary/aromatic N) is 1. The van der Waals surface area contributed by atoms with Gasteiger partial charge in [0.1, 0.15) is 0 Å². The van der Waals surface area contributed by atoms with Crippen molar-refractivity contribution in [2.75, 3.05) is 7.11 Å². The quantitative estimate of drug-likeness (QED) is 0.607. The average molecular weight is 281 g/mol. The summed E-state index contributed by atoms with van der Waals surface area (Å²) in [4.78, 5) is 38.1. The molecule has 0 N–H and O–H groups in total. The lowest BCUT2D eigenvalue weighted by atomic mass is 10.2. The van der Waals surface area contributed by atoms with Gasteiger partial charge in [-0.05, 0) is 0 Å². The van der Waals surface area contributed by atoms with Crippen molar-refractivity contribution in [3.63, 3.8) is 0 Å². The predicted molar refractivity (Wildman–Crippen MR) is 67.4 cm³/mol. The van der Waals surface area contributed by atoms with Crippen molar-refractivity contribution < 1.29 is 28.6 Å². The maximum atomic E-state index is 11.9. The number of hydrogen-bond donors (Lipinski definition) is 0. The van der Waals surface area contributed by atoms with Crippen LogP contribution in [-0.4, -0.2) is 30.0 Å². The highest BCUT2D eigenvalue weighted by atomic mass is 16.6. The fraction of sp³-hybridized carbons (Fsp3) is 0.385. The van der Waals surface area contributed by atoms with Crippen LogP contribution in [0.4, 0.5) is 0 Å². The molecule has 7 heteroatoms. The number of pyridine rings is 1. The first-order valence-electron chi connectivity index (χ1n) is 5.84. The summed E-state index contributed by atoms with van der Waals surface area (Å²) >= 11 is 0. The van der Waals surface area contributed by atoms with E-state index in [0.29, 0.717) is 0 Å². The minimum Gasteiger partial charge on any atom is -0.493 e. The molecular formula is C13H15NO6. The molecule has 0 amide bonds. The van der Waals surface area contributed by atoms with Gasteiger partial charge in [0.15, 0.2) is 11.4 Å². The van der Waals surface area contributed by atoms with Crippen molar-refractivity contribution >= 4 is 17.9 Å². The second-order valence-corrected chi connectivity index (χ2v) is 4.15. The lowest BCUT2D eigenvalue weighted by Gasteiger charge is -2.11. The van der Waals surface area contributed by atoms with Crippen LogP contribution in [0.15, 0.2) is 12.3 Å². The molecule has 1 heterocycles. The number of esters is 3. The summed E-state index contributed by atoms with van der Waals surface area (Å²) < 4.78 is 14.5. The number of carbonyl (C=O) groups excluding carboxylic acids is 3. The Morgan fingerprint density at radius 1 is 1.25 bits per heavy atom. The predicted octanol–water partition coefficient (Wildman–Crippen LogP) is 1.35. The van der Waals surface area contributed by atoms with Gasteiger partial charge in [-0.1, -0.05) is 13.8 Å². The summed E-state index contributed by atoms with van der Waals surface area (Å²) in [5.74, 6) is -2.86. The topological polar surface area (TPSA) is 91.8 Å². The van der Waals surface area contributed by atoms with Crippen molar-refractivity contribution in [1.82, 2.24) is 4.98 Å². The molecule has 0 aliphatic rings. The third-order valence-corrected chi connectivity index (χ3v) is 2.19. The van der Waals surface area contributed by atoms with E-state index < -0.39 is 23.8 Å². The van der Waals surface area contributed by atoms with E-state index in [0.717, 1.165) is 0 Å². The van der Waals surface area contributed by atoms with E-state index in [4.69, 9.17) is 9.47 Å². The molecule has 0 spiro atoms. The molecular weight excluding hydrogens is 266 g/mol. The molecule has 7 nitrogen and oxygen atoms in total. The van der Waals surface area contributed by atoms with Gasteiger partial charge in [0, 0.05) is 19.2 Å². The molecule has 1 rings (SSSR count). The van der Waals surface area contributed by atoms with Crippen LogP contribution in [0.3, 0.4) is 0 Å². The first-order chi connectivity index (χ1) is 9.36. The lowest BCUT2D eigenvalue weighted by molar-refractivity contribution is -0.141. The summed E-state index contributed by atoms with van der Waals surface area (Å²) in [6.45, 7) is 4.34. The van der Waals surface area contributed by atoms with E-state index in [9.17, 15) is 14.4 Å². The van der Waals surface area contributed by atoms with Crippen LogP contribution in [0.25, 0.3) is 0 Å². The summed E-state index contributed by atoms with van der Waals surface area (Å²) in [5, 5.41) is 0. The molecule has 0 saturated heterocycles. The maximum Gasteiger partial charge on any atom is 0.368 e. The smallest absolute Gasteiger partial charge is 0.368 e. The van der Waals surface area contributed by atoms with E-state index in [-0.39, 0.29) is 17.2 Å². The summed E-state index contributed by atoms with van der Waals surface area (Å²) in [5.41, 5.74) is -0.298. The van der Waals surface area contributed by atoms with Crippen LogP contribution in [0.2, 0.25) is 0 Å². The molecule has 1 aromatic heterocycles. The molecule has 0 aromatic carbocycles. The molecule has 1 aromatic rings. The van der Waals surface area contributed by atoms with Crippen LogP contribution >= 0.6 is 0 Å². The molecule has 0 bridgehead atoms. The molecule has 0 aliphatic heterocycles. The van der Waals surface area contributed by atoms with E-state index in [2.05, 4.69) is 9.72 Å². The number of hydrogen-bond acceptors (Lipinski definition) is 7. The third-order valence-electron chi connectivity index (χ3n) is 2.19. The van der Waals surface area contributed by atoms with Gasteiger partial charge in [-0.2, -0.15) is 0 Å². The van der Waals surface area contributed by atoms with Crippen molar-refractivity contribution in [3.05, 3.63) is 18.0 Å². The van der Waals surface area contributed by atoms with Gasteiger partial charge in [-0.3, -0.25) is 9.59 Å². The monoisotopic (exact) mass is 281 g/mol. The lowest BCUT2D eigenvalue weighted by Crippen LogP contribution is -2.19. The Bertz CT molecular complexity index is 538. The van der Waals surface area contributed by atoms with E-state index >= 15 is 0 Å². The second kappa shape index (κ2) is 6.65. The van der Waals surface area contributed by atoms with Crippen LogP contribution in [0.1, 0.15) is 31.3 Å². The number of rotatable bonds is 4. The first-order valence-corrected chi connectivity index (χ1v) is 5.84. The number of carbonyl (C=O) groups is 3. The SMILES string of the molecule is COc1ccnc(C(=O)OC(=O)C(C)C)c1OC(C)=O. The molecule has 108 valence electrons. The van der Waals surface area contributed by atoms with Crippen LogP contribution in [0, 0.1) is 5.92 Å². The Kier molecular flexibility index (Phi) is 5.19. The Morgan fingerprint density at radius 3 is 2.40 bits per heavy atom. The normalized spacial score (nSPS) is 10.1. The van der Waals surface area contributed by atoms with Gasteiger partial charge >= 0.3 is 17.9 Å². The zero-order chi connectivity index (χ0) is 15.3. The van der Waals surface area contributed by atoms with Crippen LogP contribution in [-0.2, 0) is 14.3 Å². The summed E-state index contributed by atoms with van der Waals surface area (Å²) in [7, 11) is 1.34. The van der Waals surface area contributed by atoms with Crippen molar-refractivity contribution in [2.24, 2.45) is 5.92 Å². The van der Waals surface area contributed by atoms with E-state index in [1.165, 1.54) is 26.3 Å². The van der Waals surface area contributed by atoms with Gasteiger partial charge < -0.3 is 14.2 Å². The van der Waals surface area contributed by atoms with Crippen LogP contribution in [0.5, 0.6) is 11.5 Å². The van der Waals surface area contributed by atoms with Gasteiger partial charge in [0.2, 0.25) is 5.75 Å². The molecule has 0 atom stereocenters. The Hall–Kier alpha value is -2.44. The average Bonchev–Trinajstić information content (AvgIpc) is 2.37. The van der Waals surface area contributed by atoms with Crippen molar-refractivity contribution in [1.29, 1.82) is 0 Å². The number of methoxy groups -OCH3 is 1. The Morgan fingerprint density at radius 2 is 1.90 bits per heavy atom. The Balaban J connectivity index is 3.13. The van der Waals surface area contributed by atoms with E-state index in [1.54, 1.807) is 13.8 Å². The standard InChI is InChI=1S/C13H15NO6/c1-7(2)12(16)20-13(17)10-11(19-8(3)15)9(18-4)5-6-14-10/h5-7H,1-4H3. The van der Waals surface area contributed by atoms with Crippen molar-refractivity contribution in [3.8, 4) is 11.5 Å². The highest BCUT2D eigenvalue weighted by Crippen LogP contribution is 2.30. The Labute approximate surface area is 115 Å². The fourth-order valence-corrected chi connectivity index (χ4v) is 1.24. The molecule has 0 fully saturated rings. The van der Waals surface area contributed by atoms with Crippen LogP contribution < -0.4 is 9.47 Å². The molecule has 20 heavy (non-hydrogen) atoms. The second-order valence-electron chi connectivity index (χ2n) is 4.15. The summed E-state index contributed by atoms with van der Waals surface area (Å²) in [6, 6.07) is 1.42. The maximum absolute atomic E-state index is 11.9. The highest BCUT2D eigenvalue weighted by Gasteiger charge is 2.24. The molecule has 0 aliphatic carbocycles. The molecule has 0 saturated carbocycles. The van der Waals surface area contributed by atoms with Gasteiger partial charge in [-0.25, -0.2) is 9.78 Å². The summed E-state index contributed by atoms with van der Waals surface area (Å²) in [6.07, 6.45) is 1.28. The minimum absolute atomic E-state index is 0.138. The largest absolute Gasteiger partial charge is 0.493 e. The van der Waals surface area contributed by atoms with Gasteiger partial charge in [-0.15, -0.1) is 0 Å². The number of ether oxygens (including phenoxy) is 3. The zero-order valence-electron chi connectivity index (χ0n) is 11.6. The number of aromatic nitrogens is 1. The minimum atomic E-state index is -1.00. The van der Waals surface area contributed by atoms with Gasteiger partial charge in [0.05, 0.1) is 13.0 Å². The van der Waals surface area contributed by atoms with Gasteiger partial charge in [0.25, 0.3) is 0 Å². The zero-order valence-corrected chi connectivity index (χ0v) is 11.6. The first kappa shape index (κ1) is 15.6. The van der Waals surface area contributed by atoms with E-state index in [1.807, 2.05) is 0 Å².